The Kier molecular flexibility index (Phi) is 11.7. The first-order valence-electron chi connectivity index (χ1n) is 17.5. The summed E-state index contributed by atoms with van der Waals surface area (Å²) < 4.78 is 9.50. The highest BCUT2D eigenvalue weighted by Crippen LogP contribution is 2.37. The van der Waals surface area contributed by atoms with Gasteiger partial charge in [-0.3, -0.25) is 9.59 Å². The molecule has 2 aliphatic heterocycles. The predicted molar refractivity (Wildman–Crippen MR) is 188 cm³/mol. The molecule has 6 atom stereocenters. The van der Waals surface area contributed by atoms with E-state index in [1.54, 1.807) is 22.2 Å². The third-order valence-electron chi connectivity index (χ3n) is 9.83. The average Bonchev–Trinajstić information content (AvgIpc) is 3.94. The summed E-state index contributed by atoms with van der Waals surface area (Å²) in [6.45, 7) is 10.4. The minimum atomic E-state index is -0.788. The molecule has 276 valence electrons. The average molecular weight is 707 g/mol. The molecule has 15 heteroatoms. The third kappa shape index (κ3) is 8.19. The highest BCUT2D eigenvalue weighted by molar-refractivity contribution is 5.87. The lowest BCUT2D eigenvalue weighted by atomic mass is 10.0. The van der Waals surface area contributed by atoms with Crippen LogP contribution in [0.5, 0.6) is 0 Å². The van der Waals surface area contributed by atoms with Gasteiger partial charge in [-0.2, -0.15) is 0 Å². The second-order valence-electron chi connectivity index (χ2n) is 14.3. The number of H-pyrrole nitrogens is 2. The molecule has 4 amide bonds. The first-order valence-corrected chi connectivity index (χ1v) is 17.5. The van der Waals surface area contributed by atoms with Crippen molar-refractivity contribution < 1.29 is 33.8 Å². The van der Waals surface area contributed by atoms with Crippen molar-refractivity contribution in [1.82, 2.24) is 40.4 Å². The molecule has 6 unspecified atom stereocenters. The van der Waals surface area contributed by atoms with Gasteiger partial charge in [0.1, 0.15) is 23.7 Å². The zero-order chi connectivity index (χ0) is 37.0. The van der Waals surface area contributed by atoms with Crippen molar-refractivity contribution in [2.45, 2.75) is 71.6 Å². The lowest BCUT2D eigenvalue weighted by molar-refractivity contribution is -0.136. The van der Waals surface area contributed by atoms with E-state index in [0.717, 1.165) is 28.9 Å². The number of hydrogen-bond acceptors (Lipinski definition) is 9. The van der Waals surface area contributed by atoms with Gasteiger partial charge >= 0.3 is 12.2 Å². The van der Waals surface area contributed by atoms with Crippen LogP contribution in [0.25, 0.3) is 22.5 Å². The predicted octanol–water partition coefficient (Wildman–Crippen LogP) is 4.02. The molecular formula is C36H50N8O7. The third-order valence-corrected chi connectivity index (χ3v) is 9.83. The molecule has 2 aromatic heterocycles. The Morgan fingerprint density at radius 3 is 1.63 bits per heavy atom. The zero-order valence-corrected chi connectivity index (χ0v) is 30.3. The molecule has 0 aliphatic carbocycles. The largest absolute Gasteiger partial charge is 0.453 e. The van der Waals surface area contributed by atoms with Crippen LogP contribution in [-0.4, -0.2) is 105 Å². The van der Waals surface area contributed by atoms with Crippen molar-refractivity contribution in [3.8, 4) is 22.5 Å². The second kappa shape index (κ2) is 16.0. The molecule has 2 fully saturated rings. The molecule has 5 N–H and O–H groups in total. The van der Waals surface area contributed by atoms with Crippen molar-refractivity contribution in [3.63, 3.8) is 0 Å². The Hall–Kier alpha value is -4.92. The Balaban J connectivity index is 1.31. The van der Waals surface area contributed by atoms with Crippen LogP contribution < -0.4 is 10.6 Å². The maximum Gasteiger partial charge on any atom is 0.407 e. The Morgan fingerprint density at radius 1 is 0.784 bits per heavy atom. The summed E-state index contributed by atoms with van der Waals surface area (Å²) in [5, 5.41) is 15.3. The van der Waals surface area contributed by atoms with Crippen LogP contribution in [0.3, 0.4) is 0 Å². The molecule has 0 radical (unpaired) electrons. The van der Waals surface area contributed by atoms with Crippen LogP contribution in [0.1, 0.15) is 71.2 Å². The first kappa shape index (κ1) is 37.3. The van der Waals surface area contributed by atoms with E-state index in [1.807, 2.05) is 52.0 Å². The van der Waals surface area contributed by atoms with E-state index >= 15 is 0 Å². The van der Waals surface area contributed by atoms with E-state index in [9.17, 15) is 24.3 Å². The fourth-order valence-corrected chi connectivity index (χ4v) is 7.00. The molecule has 15 nitrogen and oxygen atoms in total. The maximum absolute atomic E-state index is 13.7. The summed E-state index contributed by atoms with van der Waals surface area (Å²) in [5.41, 5.74) is 3.37. The Bertz CT molecular complexity index is 1690. The molecular weight excluding hydrogens is 656 g/mol. The normalized spacial score (nSPS) is 21.5. The number of amides is 4. The van der Waals surface area contributed by atoms with E-state index in [2.05, 4.69) is 37.5 Å². The highest BCUT2D eigenvalue weighted by atomic mass is 16.5. The number of nitrogens with one attached hydrogen (secondary N) is 4. The van der Waals surface area contributed by atoms with Crippen LogP contribution in [-0.2, 0) is 19.1 Å². The number of aliphatic hydroxyl groups is 1. The molecule has 51 heavy (non-hydrogen) atoms. The number of imidazole rings is 2. The van der Waals surface area contributed by atoms with Gasteiger partial charge in [0, 0.05) is 25.6 Å². The van der Waals surface area contributed by atoms with Crippen LogP contribution in [0.4, 0.5) is 9.59 Å². The van der Waals surface area contributed by atoms with Crippen LogP contribution >= 0.6 is 0 Å². The number of likely N-dealkylation sites (tertiary alicyclic amines) is 2. The number of aliphatic hydroxyl groups excluding tert-OH is 1. The summed E-state index contributed by atoms with van der Waals surface area (Å²) in [5.74, 6) is 0.687. The van der Waals surface area contributed by atoms with E-state index in [4.69, 9.17) is 9.47 Å². The summed E-state index contributed by atoms with van der Waals surface area (Å²) in [6.07, 6.45) is 3.44. The van der Waals surface area contributed by atoms with Crippen molar-refractivity contribution >= 4 is 24.0 Å². The van der Waals surface area contributed by atoms with Crippen molar-refractivity contribution in [3.05, 3.63) is 48.3 Å². The van der Waals surface area contributed by atoms with E-state index in [0.29, 0.717) is 31.2 Å². The van der Waals surface area contributed by atoms with Crippen LogP contribution in [0.15, 0.2) is 36.7 Å². The summed E-state index contributed by atoms with van der Waals surface area (Å²) in [4.78, 5) is 70.9. The van der Waals surface area contributed by atoms with Gasteiger partial charge in [-0.05, 0) is 41.7 Å². The molecule has 4 heterocycles. The molecule has 0 saturated carbocycles. The zero-order valence-electron chi connectivity index (χ0n) is 30.3. The van der Waals surface area contributed by atoms with E-state index < -0.39 is 30.3 Å². The van der Waals surface area contributed by atoms with Crippen molar-refractivity contribution in [1.29, 1.82) is 0 Å². The molecule has 1 aromatic carbocycles. The number of hydrogen-bond donors (Lipinski definition) is 5. The lowest BCUT2D eigenvalue weighted by Crippen LogP contribution is -2.51. The standard InChI is InChI=1S/C36H50N8O7/c1-19(2)29(41-35(48)50-6)33(46)43-16-21(5)12-27(43)31-37-14-25(39-31)23-8-10-24(11-9-23)26-15-38-32(40-26)28-13-22(18-45)17-44(28)34(47)30(20(3)4)42-36(49)51-7/h8-11,14-15,19-22,27-30,45H,12-13,16-18H2,1-7H3,(H,37,39)(H,38,40)(H,41,48)(H,42,49). The van der Waals surface area contributed by atoms with Gasteiger partial charge in [0.25, 0.3) is 0 Å². The number of ether oxygens (including phenoxy) is 2. The number of benzene rings is 1. The fraction of sp³-hybridized carbons (Fsp3) is 0.556. The second-order valence-corrected chi connectivity index (χ2v) is 14.3. The van der Waals surface area contributed by atoms with Crippen LogP contribution in [0.2, 0.25) is 0 Å². The number of carbonyl (C=O) groups is 4. The maximum atomic E-state index is 13.7. The topological polar surface area (TPSA) is 195 Å². The molecule has 3 aromatic rings. The van der Waals surface area contributed by atoms with Gasteiger partial charge in [-0.1, -0.05) is 58.9 Å². The monoisotopic (exact) mass is 706 g/mol. The number of rotatable bonds is 11. The smallest absolute Gasteiger partial charge is 0.407 e. The summed E-state index contributed by atoms with van der Waals surface area (Å²) in [6, 6.07) is 5.72. The van der Waals surface area contributed by atoms with Crippen molar-refractivity contribution in [2.75, 3.05) is 33.9 Å². The number of nitrogens with zero attached hydrogens (tertiary/aromatic N) is 4. The van der Waals surface area contributed by atoms with E-state index in [-0.39, 0.29) is 48.1 Å². The van der Waals surface area contributed by atoms with Crippen molar-refractivity contribution in [2.24, 2.45) is 23.7 Å². The Labute approximate surface area is 297 Å². The lowest BCUT2D eigenvalue weighted by Gasteiger charge is -2.30. The number of methoxy groups -OCH3 is 2. The van der Waals surface area contributed by atoms with Gasteiger partial charge in [0.05, 0.1) is 50.1 Å². The molecule has 5 rings (SSSR count). The minimum absolute atomic E-state index is 0.0689. The summed E-state index contributed by atoms with van der Waals surface area (Å²) >= 11 is 0. The number of aromatic nitrogens is 4. The summed E-state index contributed by atoms with van der Waals surface area (Å²) in [7, 11) is 2.53. The SMILES string of the molecule is COC(=O)NC(C(=O)N1CC(C)CC1c1ncc(-c2ccc(-c3cnc(C4CC(CO)CN4C(=O)C(NC(=O)OC)C(C)C)[nH]3)cc2)[nH]1)C(C)C. The molecule has 2 aliphatic rings. The quantitative estimate of drug-likeness (QED) is 0.196. The van der Waals surface area contributed by atoms with Gasteiger partial charge in [-0.25, -0.2) is 19.6 Å². The number of alkyl carbamates (subject to hydrolysis) is 2. The first-order chi connectivity index (χ1) is 24.3. The molecule has 2 saturated heterocycles. The minimum Gasteiger partial charge on any atom is -0.453 e. The van der Waals surface area contributed by atoms with Gasteiger partial charge in [0.15, 0.2) is 0 Å². The molecule has 0 bridgehead atoms. The van der Waals surface area contributed by atoms with Gasteiger partial charge in [0.2, 0.25) is 11.8 Å². The van der Waals surface area contributed by atoms with Crippen LogP contribution in [0, 0.1) is 23.7 Å². The van der Waals surface area contributed by atoms with Gasteiger partial charge in [-0.15, -0.1) is 0 Å². The fourth-order valence-electron chi connectivity index (χ4n) is 7.00. The number of aromatic amines is 2. The molecule has 0 spiro atoms. The van der Waals surface area contributed by atoms with E-state index in [1.165, 1.54) is 14.2 Å². The number of carbonyl (C=O) groups excluding carboxylic acids is 4. The van der Waals surface area contributed by atoms with Gasteiger partial charge < -0.3 is 45.0 Å². The highest BCUT2D eigenvalue weighted by Gasteiger charge is 2.42. The Morgan fingerprint density at radius 2 is 1.22 bits per heavy atom.